The Bertz CT molecular complexity index is 977. The van der Waals surface area contributed by atoms with Crippen LogP contribution in [0.1, 0.15) is 35.9 Å². The summed E-state index contributed by atoms with van der Waals surface area (Å²) in [6, 6.07) is 8.34. The highest BCUT2D eigenvalue weighted by molar-refractivity contribution is 7.10. The predicted molar refractivity (Wildman–Crippen MR) is 119 cm³/mol. The number of thiophene rings is 1. The van der Waals surface area contributed by atoms with Crippen molar-refractivity contribution in [3.05, 3.63) is 57.3 Å². The Morgan fingerprint density at radius 1 is 1.27 bits per heavy atom. The minimum absolute atomic E-state index is 0.0206. The number of hydrogen-bond acceptors (Lipinski definition) is 6. The van der Waals surface area contributed by atoms with Crippen LogP contribution in [-0.2, 0) is 9.59 Å². The highest BCUT2D eigenvalue weighted by Crippen LogP contribution is 2.42. The maximum atomic E-state index is 13.0. The van der Waals surface area contributed by atoms with Crippen molar-refractivity contribution in [3.63, 3.8) is 0 Å². The summed E-state index contributed by atoms with van der Waals surface area (Å²) in [6.45, 7) is 6.80. The number of carbonyl (C=O) groups excluding carboxylic acids is 2. The molecule has 2 aromatic rings. The van der Waals surface area contributed by atoms with Gasteiger partial charge < -0.3 is 19.6 Å². The van der Waals surface area contributed by atoms with Gasteiger partial charge in [-0.25, -0.2) is 0 Å². The SMILES string of the molecule is Cc1ccsc1C1/C(=C(/O)c2cccc(OC(C)C)c2)C(=O)C(=O)N1CCN(C)C. The molecule has 3 rings (SSSR count). The van der Waals surface area contributed by atoms with Crippen LogP contribution >= 0.6 is 11.3 Å². The Morgan fingerprint density at radius 2 is 2.00 bits per heavy atom. The number of aliphatic hydroxyl groups excluding tert-OH is 1. The summed E-state index contributed by atoms with van der Waals surface area (Å²) >= 11 is 1.49. The van der Waals surface area contributed by atoms with Crippen molar-refractivity contribution in [3.8, 4) is 5.75 Å². The lowest BCUT2D eigenvalue weighted by Gasteiger charge is -2.26. The third-order valence-corrected chi connectivity index (χ3v) is 6.03. The Hall–Kier alpha value is -2.64. The average molecular weight is 429 g/mol. The quantitative estimate of drug-likeness (QED) is 0.412. The van der Waals surface area contributed by atoms with Gasteiger partial charge in [0, 0.05) is 23.5 Å². The number of nitrogens with zero attached hydrogens (tertiary/aromatic N) is 2. The zero-order valence-electron chi connectivity index (χ0n) is 18.0. The highest BCUT2D eigenvalue weighted by Gasteiger charge is 2.46. The van der Waals surface area contributed by atoms with Gasteiger partial charge in [-0.2, -0.15) is 0 Å². The molecule has 1 aliphatic heterocycles. The number of aliphatic hydroxyl groups is 1. The van der Waals surface area contributed by atoms with Gasteiger partial charge in [0.2, 0.25) is 0 Å². The number of likely N-dealkylation sites (N-methyl/N-ethyl adjacent to an activating group) is 1. The van der Waals surface area contributed by atoms with E-state index in [1.165, 1.54) is 11.3 Å². The molecule has 0 bridgehead atoms. The third-order valence-electron chi connectivity index (χ3n) is 4.96. The second-order valence-corrected chi connectivity index (χ2v) is 8.91. The van der Waals surface area contributed by atoms with Gasteiger partial charge in [-0.3, -0.25) is 9.59 Å². The molecule has 1 aromatic heterocycles. The topological polar surface area (TPSA) is 70.1 Å². The van der Waals surface area contributed by atoms with Crippen molar-refractivity contribution in [1.82, 2.24) is 9.80 Å². The van der Waals surface area contributed by atoms with E-state index >= 15 is 0 Å². The fourth-order valence-corrected chi connectivity index (χ4v) is 4.55. The maximum Gasteiger partial charge on any atom is 0.295 e. The Labute approximate surface area is 181 Å². The molecule has 1 aliphatic rings. The van der Waals surface area contributed by atoms with E-state index < -0.39 is 17.7 Å². The summed E-state index contributed by atoms with van der Waals surface area (Å²) in [6.07, 6.45) is -0.0206. The van der Waals surface area contributed by atoms with Crippen molar-refractivity contribution in [2.75, 3.05) is 27.2 Å². The number of benzene rings is 1. The average Bonchev–Trinajstić information content (AvgIpc) is 3.20. The van der Waals surface area contributed by atoms with Crippen LogP contribution in [0.3, 0.4) is 0 Å². The van der Waals surface area contributed by atoms with E-state index in [1.807, 2.05) is 51.2 Å². The van der Waals surface area contributed by atoms with Crippen LogP contribution in [-0.4, -0.2) is 59.9 Å². The highest BCUT2D eigenvalue weighted by atomic mass is 32.1. The first-order chi connectivity index (χ1) is 14.2. The zero-order chi connectivity index (χ0) is 22.0. The number of hydrogen-bond donors (Lipinski definition) is 1. The summed E-state index contributed by atoms with van der Waals surface area (Å²) in [5.41, 5.74) is 1.58. The predicted octanol–water partition coefficient (Wildman–Crippen LogP) is 3.83. The minimum atomic E-state index is -0.653. The lowest BCUT2D eigenvalue weighted by molar-refractivity contribution is -0.140. The summed E-state index contributed by atoms with van der Waals surface area (Å²) in [7, 11) is 3.84. The van der Waals surface area contributed by atoms with E-state index in [2.05, 4.69) is 0 Å². The fraction of sp³-hybridized carbons (Fsp3) is 0.391. The lowest BCUT2D eigenvalue weighted by atomic mass is 9.98. The summed E-state index contributed by atoms with van der Waals surface area (Å²) in [5, 5.41) is 13.1. The fourth-order valence-electron chi connectivity index (χ4n) is 3.50. The molecule has 1 saturated heterocycles. The monoisotopic (exact) mass is 428 g/mol. The number of likely N-dealkylation sites (tertiary alicyclic amines) is 1. The normalized spacial score (nSPS) is 18.6. The van der Waals surface area contributed by atoms with E-state index in [9.17, 15) is 14.7 Å². The molecule has 1 unspecified atom stereocenters. The lowest BCUT2D eigenvalue weighted by Crippen LogP contribution is -2.35. The number of ketones is 1. The summed E-state index contributed by atoms with van der Waals surface area (Å²) in [4.78, 5) is 30.3. The zero-order valence-corrected chi connectivity index (χ0v) is 18.8. The second-order valence-electron chi connectivity index (χ2n) is 7.96. The molecule has 0 saturated carbocycles. The number of ether oxygens (including phenoxy) is 1. The number of amides is 1. The van der Waals surface area contributed by atoms with Gasteiger partial charge in [-0.15, -0.1) is 11.3 Å². The van der Waals surface area contributed by atoms with Gasteiger partial charge in [-0.1, -0.05) is 12.1 Å². The van der Waals surface area contributed by atoms with Crippen LogP contribution in [0.4, 0.5) is 0 Å². The first kappa shape index (κ1) is 22.1. The van der Waals surface area contributed by atoms with Crippen molar-refractivity contribution in [2.24, 2.45) is 0 Å². The van der Waals surface area contributed by atoms with Gasteiger partial charge >= 0.3 is 0 Å². The standard InChI is InChI=1S/C23H28N2O4S/c1-14(2)29-17-8-6-7-16(13-17)20(26)18-19(22-15(3)9-12-30-22)25(11-10-24(4)5)23(28)21(18)27/h6-9,12-14,19,26H,10-11H2,1-5H3/b20-18-. The van der Waals surface area contributed by atoms with E-state index in [0.717, 1.165) is 10.4 Å². The molecule has 6 nitrogen and oxygen atoms in total. The van der Waals surface area contributed by atoms with Gasteiger partial charge in [0.25, 0.3) is 11.7 Å². The van der Waals surface area contributed by atoms with E-state index in [-0.39, 0.29) is 17.4 Å². The first-order valence-electron chi connectivity index (χ1n) is 9.95. The molecular weight excluding hydrogens is 400 g/mol. The molecule has 7 heteroatoms. The summed E-state index contributed by atoms with van der Waals surface area (Å²) < 4.78 is 5.72. The largest absolute Gasteiger partial charge is 0.507 e. The number of carbonyl (C=O) groups is 2. The maximum absolute atomic E-state index is 13.0. The van der Waals surface area contributed by atoms with Crippen molar-refractivity contribution in [2.45, 2.75) is 32.9 Å². The molecule has 160 valence electrons. The molecule has 1 amide bonds. The van der Waals surface area contributed by atoms with Gasteiger partial charge in [0.05, 0.1) is 17.7 Å². The molecule has 0 spiro atoms. The van der Waals surface area contributed by atoms with Gasteiger partial charge in [0.1, 0.15) is 11.5 Å². The molecule has 0 aliphatic carbocycles. The second kappa shape index (κ2) is 9.02. The van der Waals surface area contributed by atoms with Crippen LogP contribution in [0.2, 0.25) is 0 Å². The van der Waals surface area contributed by atoms with E-state index in [0.29, 0.717) is 24.4 Å². The summed E-state index contributed by atoms with van der Waals surface area (Å²) in [5.74, 6) is -0.808. The van der Waals surface area contributed by atoms with Crippen LogP contribution < -0.4 is 4.74 Å². The minimum Gasteiger partial charge on any atom is -0.507 e. The van der Waals surface area contributed by atoms with Gasteiger partial charge in [0.15, 0.2) is 0 Å². The molecule has 1 N–H and O–H groups in total. The van der Waals surface area contributed by atoms with Crippen LogP contribution in [0.15, 0.2) is 41.3 Å². The van der Waals surface area contributed by atoms with Gasteiger partial charge in [-0.05, 0) is 64.0 Å². The molecule has 1 atom stereocenters. The Balaban J connectivity index is 2.11. The third kappa shape index (κ3) is 4.42. The number of Topliss-reactive ketones (excluding diaryl/α,β-unsaturated/α-hetero) is 1. The van der Waals surface area contributed by atoms with E-state index in [1.54, 1.807) is 29.2 Å². The van der Waals surface area contributed by atoms with Crippen LogP contribution in [0.5, 0.6) is 5.75 Å². The van der Waals surface area contributed by atoms with Crippen molar-refractivity contribution in [1.29, 1.82) is 0 Å². The Kier molecular flexibility index (Phi) is 6.63. The van der Waals surface area contributed by atoms with Crippen LogP contribution in [0, 0.1) is 6.92 Å². The molecule has 1 fully saturated rings. The molecule has 2 heterocycles. The number of rotatable bonds is 7. The van der Waals surface area contributed by atoms with E-state index in [4.69, 9.17) is 4.74 Å². The van der Waals surface area contributed by atoms with Crippen molar-refractivity contribution < 1.29 is 19.4 Å². The smallest absolute Gasteiger partial charge is 0.295 e. The molecule has 1 aromatic carbocycles. The first-order valence-corrected chi connectivity index (χ1v) is 10.8. The molecule has 30 heavy (non-hydrogen) atoms. The van der Waals surface area contributed by atoms with Crippen molar-refractivity contribution >= 4 is 28.8 Å². The number of aryl methyl sites for hydroxylation is 1. The van der Waals surface area contributed by atoms with Crippen LogP contribution in [0.25, 0.3) is 5.76 Å². The molecule has 0 radical (unpaired) electrons. The Morgan fingerprint density at radius 3 is 2.60 bits per heavy atom. The molecular formula is C23H28N2O4S.